The number of piperidine rings is 1. The first-order chi connectivity index (χ1) is 15.8. The van der Waals surface area contributed by atoms with E-state index in [4.69, 9.17) is 9.72 Å². The van der Waals surface area contributed by atoms with Gasteiger partial charge in [-0.2, -0.15) is 0 Å². The molecule has 1 saturated heterocycles. The number of allylic oxidation sites excluding steroid dienone is 2. The van der Waals surface area contributed by atoms with Gasteiger partial charge in [0.25, 0.3) is 0 Å². The molecule has 0 bridgehead atoms. The number of aryl methyl sites for hydroxylation is 1. The van der Waals surface area contributed by atoms with Crippen LogP contribution in [0.3, 0.4) is 0 Å². The highest BCUT2D eigenvalue weighted by Crippen LogP contribution is 2.31. The molecule has 32 heavy (non-hydrogen) atoms. The van der Waals surface area contributed by atoms with Crippen LogP contribution in [0.5, 0.6) is 0 Å². The van der Waals surface area contributed by atoms with Crippen LogP contribution < -0.4 is 4.90 Å². The molecule has 1 aliphatic carbocycles. The van der Waals surface area contributed by atoms with Gasteiger partial charge in [0.1, 0.15) is 6.33 Å². The van der Waals surface area contributed by atoms with Gasteiger partial charge in [0.2, 0.25) is 5.95 Å². The Labute approximate surface area is 190 Å². The van der Waals surface area contributed by atoms with Crippen molar-refractivity contribution >= 4 is 23.0 Å². The van der Waals surface area contributed by atoms with Gasteiger partial charge in [-0.1, -0.05) is 19.1 Å². The summed E-state index contributed by atoms with van der Waals surface area (Å²) in [4.78, 5) is 16.3. The molecule has 2 aliphatic rings. The Kier molecular flexibility index (Phi) is 6.31. The summed E-state index contributed by atoms with van der Waals surface area (Å²) in [5.41, 5.74) is 3.12. The Morgan fingerprint density at radius 2 is 2.16 bits per heavy atom. The molecule has 0 amide bonds. The lowest BCUT2D eigenvalue weighted by molar-refractivity contribution is 0.0714. The summed E-state index contributed by atoms with van der Waals surface area (Å²) in [5.74, 6) is 1.23. The molecule has 0 aromatic carbocycles. The Morgan fingerprint density at radius 3 is 2.91 bits per heavy atom. The minimum Gasteiger partial charge on any atom is -0.367 e. The molecule has 0 spiro atoms. The Balaban J connectivity index is 1.15. The SMILES string of the molecule is CCc1cnc(N2CCCC(c3nc(COC4C=CC(n5cnnn5)=CC4)cs3)C2)nc1. The monoisotopic (exact) mass is 450 g/mol. The zero-order chi connectivity index (χ0) is 21.8. The maximum absolute atomic E-state index is 6.07. The largest absolute Gasteiger partial charge is 0.367 e. The van der Waals surface area contributed by atoms with Crippen LogP contribution in [0.4, 0.5) is 5.95 Å². The van der Waals surface area contributed by atoms with E-state index in [2.05, 4.69) is 48.8 Å². The van der Waals surface area contributed by atoms with Crippen molar-refractivity contribution in [1.82, 2.24) is 35.2 Å². The molecule has 2 atom stereocenters. The van der Waals surface area contributed by atoms with E-state index in [0.717, 1.165) is 56.1 Å². The number of aromatic nitrogens is 7. The average molecular weight is 451 g/mol. The lowest BCUT2D eigenvalue weighted by Crippen LogP contribution is -2.35. The van der Waals surface area contributed by atoms with Gasteiger partial charge in [-0.25, -0.2) is 19.6 Å². The van der Waals surface area contributed by atoms with Crippen LogP contribution in [-0.2, 0) is 17.8 Å². The minimum atomic E-state index is 0.0359. The number of nitrogens with zero attached hydrogens (tertiary/aromatic N) is 8. The molecule has 3 aromatic rings. The number of ether oxygens (including phenoxy) is 1. The quantitative estimate of drug-likeness (QED) is 0.541. The Bertz CT molecular complexity index is 1080. The molecule has 5 rings (SSSR count). The Morgan fingerprint density at radius 1 is 1.25 bits per heavy atom. The highest BCUT2D eigenvalue weighted by molar-refractivity contribution is 7.09. The Hall–Kier alpha value is -2.98. The highest BCUT2D eigenvalue weighted by atomic mass is 32.1. The molecule has 10 heteroatoms. The smallest absolute Gasteiger partial charge is 0.225 e. The third-order valence-electron chi connectivity index (χ3n) is 5.82. The molecule has 4 heterocycles. The van der Waals surface area contributed by atoms with E-state index in [1.54, 1.807) is 22.3 Å². The normalized spacial score (nSPS) is 21.0. The predicted molar refractivity (Wildman–Crippen MR) is 122 cm³/mol. The van der Waals surface area contributed by atoms with Crippen molar-refractivity contribution in [3.05, 3.63) is 58.6 Å². The first-order valence-corrected chi connectivity index (χ1v) is 11.9. The van der Waals surface area contributed by atoms with Gasteiger partial charge in [-0.15, -0.1) is 16.4 Å². The minimum absolute atomic E-state index is 0.0359. The van der Waals surface area contributed by atoms with Crippen molar-refractivity contribution in [2.24, 2.45) is 0 Å². The van der Waals surface area contributed by atoms with Gasteiger partial charge in [-0.3, -0.25) is 0 Å². The van der Waals surface area contributed by atoms with Gasteiger partial charge >= 0.3 is 0 Å². The third-order valence-corrected chi connectivity index (χ3v) is 6.88. The van der Waals surface area contributed by atoms with E-state index < -0.39 is 0 Å². The van der Waals surface area contributed by atoms with Crippen molar-refractivity contribution in [3.63, 3.8) is 0 Å². The van der Waals surface area contributed by atoms with Crippen LogP contribution >= 0.6 is 11.3 Å². The molecule has 0 saturated carbocycles. The fourth-order valence-electron chi connectivity index (χ4n) is 3.99. The lowest BCUT2D eigenvalue weighted by atomic mass is 9.99. The van der Waals surface area contributed by atoms with E-state index in [0.29, 0.717) is 12.5 Å². The number of rotatable bonds is 7. The van der Waals surface area contributed by atoms with Crippen LogP contribution in [0, 0.1) is 0 Å². The standard InChI is InChI=1S/C22H26N8OS/c1-2-16-10-23-22(24-11-16)29-9-3-4-17(12-29)21-26-18(14-32-21)13-31-20-7-5-19(6-8-20)30-15-25-27-28-30/h5-7,10-11,14-15,17,20H,2-4,8-9,12-13H2,1H3. The number of thiazole rings is 1. The zero-order valence-electron chi connectivity index (χ0n) is 18.0. The predicted octanol–water partition coefficient (Wildman–Crippen LogP) is 3.25. The summed E-state index contributed by atoms with van der Waals surface area (Å²) in [7, 11) is 0. The van der Waals surface area contributed by atoms with Crippen molar-refractivity contribution < 1.29 is 4.74 Å². The van der Waals surface area contributed by atoms with Crippen LogP contribution in [-0.4, -0.2) is 54.4 Å². The van der Waals surface area contributed by atoms with Crippen molar-refractivity contribution in [3.8, 4) is 0 Å². The van der Waals surface area contributed by atoms with Crippen LogP contribution in [0.2, 0.25) is 0 Å². The molecule has 1 aliphatic heterocycles. The van der Waals surface area contributed by atoms with Gasteiger partial charge in [0.15, 0.2) is 0 Å². The molecule has 0 radical (unpaired) electrons. The first-order valence-electron chi connectivity index (χ1n) is 11.0. The summed E-state index contributed by atoms with van der Waals surface area (Å²) in [6, 6.07) is 0. The summed E-state index contributed by atoms with van der Waals surface area (Å²) >= 11 is 1.73. The van der Waals surface area contributed by atoms with Gasteiger partial charge in [0, 0.05) is 36.8 Å². The highest BCUT2D eigenvalue weighted by Gasteiger charge is 2.25. The number of tetrazole rings is 1. The summed E-state index contributed by atoms with van der Waals surface area (Å²) < 4.78 is 7.72. The van der Waals surface area contributed by atoms with Crippen LogP contribution in [0.15, 0.2) is 42.3 Å². The van der Waals surface area contributed by atoms with Crippen molar-refractivity contribution in [1.29, 1.82) is 0 Å². The molecule has 9 nitrogen and oxygen atoms in total. The molecule has 1 fully saturated rings. The molecular formula is C22H26N8OS. The summed E-state index contributed by atoms with van der Waals surface area (Å²) in [6.45, 7) is 4.54. The maximum atomic E-state index is 6.07. The second kappa shape index (κ2) is 9.66. The molecular weight excluding hydrogens is 424 g/mol. The second-order valence-electron chi connectivity index (χ2n) is 8.03. The fraction of sp³-hybridized carbons (Fsp3) is 0.455. The van der Waals surface area contributed by atoms with Gasteiger partial charge < -0.3 is 9.64 Å². The molecule has 166 valence electrons. The topological polar surface area (TPSA) is 94.7 Å². The van der Waals surface area contributed by atoms with Gasteiger partial charge in [0.05, 0.1) is 29.1 Å². The van der Waals surface area contributed by atoms with E-state index >= 15 is 0 Å². The molecule has 0 N–H and O–H groups in total. The molecule has 2 unspecified atom stereocenters. The van der Waals surface area contributed by atoms with E-state index in [1.807, 2.05) is 24.5 Å². The van der Waals surface area contributed by atoms with Crippen molar-refractivity contribution in [2.45, 2.75) is 51.2 Å². The zero-order valence-corrected chi connectivity index (χ0v) is 18.9. The second-order valence-corrected chi connectivity index (χ2v) is 8.92. The summed E-state index contributed by atoms with van der Waals surface area (Å²) in [5, 5.41) is 14.6. The number of hydrogen-bond acceptors (Lipinski definition) is 9. The first kappa shape index (κ1) is 20.9. The van der Waals surface area contributed by atoms with Crippen LogP contribution in [0.1, 0.15) is 48.4 Å². The van der Waals surface area contributed by atoms with E-state index in [9.17, 15) is 0 Å². The fourth-order valence-corrected chi connectivity index (χ4v) is 4.92. The summed E-state index contributed by atoms with van der Waals surface area (Å²) in [6.07, 6.45) is 15.6. The molecule has 3 aromatic heterocycles. The lowest BCUT2D eigenvalue weighted by Gasteiger charge is -2.31. The third kappa shape index (κ3) is 4.76. The van der Waals surface area contributed by atoms with E-state index in [-0.39, 0.29) is 6.10 Å². The average Bonchev–Trinajstić information content (AvgIpc) is 3.56. The number of anilines is 1. The van der Waals surface area contributed by atoms with Gasteiger partial charge in [-0.05, 0) is 47.7 Å². The van der Waals surface area contributed by atoms with Crippen molar-refractivity contribution in [2.75, 3.05) is 18.0 Å². The maximum Gasteiger partial charge on any atom is 0.225 e. The number of hydrogen-bond donors (Lipinski definition) is 0. The van der Waals surface area contributed by atoms with Crippen LogP contribution in [0.25, 0.3) is 5.70 Å². The van der Waals surface area contributed by atoms with E-state index in [1.165, 1.54) is 10.6 Å².